The quantitative estimate of drug-likeness (QED) is 0.791. The summed E-state index contributed by atoms with van der Waals surface area (Å²) in [5.74, 6) is 0.651. The van der Waals surface area contributed by atoms with Crippen molar-refractivity contribution in [1.82, 2.24) is 0 Å². The van der Waals surface area contributed by atoms with E-state index in [1.165, 1.54) is 0 Å². The number of aliphatic hydroxyl groups excluding tert-OH is 1. The minimum atomic E-state index is -4.46. The molecule has 1 unspecified atom stereocenters. The molecule has 0 saturated heterocycles. The van der Waals surface area contributed by atoms with Crippen molar-refractivity contribution in [3.63, 3.8) is 0 Å². The highest BCUT2D eigenvalue weighted by Gasteiger charge is 2.39. The molecular weight excluding hydrogens is 231 g/mol. The number of hydrogen-bond donors (Lipinski definition) is 2. The first-order valence-corrected chi connectivity index (χ1v) is 6.38. The van der Waals surface area contributed by atoms with Gasteiger partial charge in [0, 0.05) is 0 Å². The Balaban J connectivity index is 2.23. The Bertz CT molecular complexity index is 212. The van der Waals surface area contributed by atoms with E-state index >= 15 is 0 Å². The average Bonchev–Trinajstić information content (AvgIpc) is 2.27. The first-order chi connectivity index (χ1) is 7.93. The number of nitrogens with two attached hydrogens (primary N) is 1. The molecule has 3 N–H and O–H groups in total. The van der Waals surface area contributed by atoms with Crippen LogP contribution in [0.2, 0.25) is 0 Å². The van der Waals surface area contributed by atoms with Crippen LogP contribution in [0.3, 0.4) is 0 Å². The van der Waals surface area contributed by atoms with Crippen molar-refractivity contribution in [2.45, 2.75) is 57.2 Å². The van der Waals surface area contributed by atoms with E-state index in [4.69, 9.17) is 10.8 Å². The van der Waals surface area contributed by atoms with Crippen LogP contribution >= 0.6 is 0 Å². The lowest BCUT2D eigenvalue weighted by Crippen LogP contribution is -2.31. The standard InChI is InChI=1S/C12H22F3NO/c13-12(14,15)11(17)8-10-5-3-9(4-6-10)2-1-7-16/h9-11,17H,1-8,16H2. The van der Waals surface area contributed by atoms with Crippen molar-refractivity contribution >= 4 is 0 Å². The van der Waals surface area contributed by atoms with Crippen LogP contribution < -0.4 is 5.73 Å². The molecule has 0 aromatic heterocycles. The van der Waals surface area contributed by atoms with Crippen LogP contribution in [0.4, 0.5) is 13.2 Å². The van der Waals surface area contributed by atoms with Crippen LogP contribution in [0.1, 0.15) is 44.9 Å². The summed E-state index contributed by atoms with van der Waals surface area (Å²) in [4.78, 5) is 0. The summed E-state index contributed by atoms with van der Waals surface area (Å²) < 4.78 is 36.6. The number of hydrogen-bond acceptors (Lipinski definition) is 2. The fourth-order valence-corrected chi connectivity index (χ4v) is 2.61. The zero-order valence-electron chi connectivity index (χ0n) is 10.0. The van der Waals surface area contributed by atoms with Crippen molar-refractivity contribution in [3.05, 3.63) is 0 Å². The lowest BCUT2D eigenvalue weighted by Gasteiger charge is -2.30. The highest BCUT2D eigenvalue weighted by atomic mass is 19.4. The highest BCUT2D eigenvalue weighted by molar-refractivity contribution is 4.77. The first kappa shape index (κ1) is 14.8. The fraction of sp³-hybridized carbons (Fsp3) is 1.00. The van der Waals surface area contributed by atoms with Gasteiger partial charge in [-0.15, -0.1) is 0 Å². The second-order valence-corrected chi connectivity index (χ2v) is 5.11. The molecule has 0 spiro atoms. The Morgan fingerprint density at radius 3 is 2.12 bits per heavy atom. The van der Waals surface area contributed by atoms with Crippen molar-refractivity contribution in [3.8, 4) is 0 Å². The fourth-order valence-electron chi connectivity index (χ4n) is 2.61. The van der Waals surface area contributed by atoms with Gasteiger partial charge in [0.1, 0.15) is 6.10 Å². The zero-order chi connectivity index (χ0) is 12.9. The van der Waals surface area contributed by atoms with E-state index in [0.29, 0.717) is 12.5 Å². The van der Waals surface area contributed by atoms with Gasteiger partial charge in [0.05, 0.1) is 0 Å². The Morgan fingerprint density at radius 1 is 1.12 bits per heavy atom. The second kappa shape index (κ2) is 6.59. The molecule has 0 aliphatic heterocycles. The molecule has 0 aromatic carbocycles. The van der Waals surface area contributed by atoms with E-state index < -0.39 is 12.3 Å². The minimum Gasteiger partial charge on any atom is -0.384 e. The Hall–Kier alpha value is -0.290. The monoisotopic (exact) mass is 253 g/mol. The smallest absolute Gasteiger partial charge is 0.384 e. The average molecular weight is 253 g/mol. The summed E-state index contributed by atoms with van der Waals surface area (Å²) >= 11 is 0. The van der Waals surface area contributed by atoms with E-state index in [0.717, 1.165) is 38.5 Å². The van der Waals surface area contributed by atoms with Gasteiger partial charge >= 0.3 is 6.18 Å². The molecule has 0 heterocycles. The molecule has 2 nitrogen and oxygen atoms in total. The van der Waals surface area contributed by atoms with Crippen LogP contribution in [-0.2, 0) is 0 Å². The molecule has 1 rings (SSSR count). The van der Waals surface area contributed by atoms with Crippen molar-refractivity contribution < 1.29 is 18.3 Å². The molecule has 0 aromatic rings. The van der Waals surface area contributed by atoms with Crippen LogP contribution in [0.15, 0.2) is 0 Å². The summed E-state index contributed by atoms with van der Waals surface area (Å²) in [6.07, 6.45) is -1.07. The third-order valence-corrected chi connectivity index (χ3v) is 3.72. The second-order valence-electron chi connectivity index (χ2n) is 5.11. The Morgan fingerprint density at radius 2 is 1.65 bits per heavy atom. The highest BCUT2D eigenvalue weighted by Crippen LogP contribution is 2.36. The summed E-state index contributed by atoms with van der Waals surface area (Å²) in [6, 6.07) is 0. The van der Waals surface area contributed by atoms with Crippen LogP contribution in [0, 0.1) is 11.8 Å². The maximum atomic E-state index is 12.2. The van der Waals surface area contributed by atoms with Crippen molar-refractivity contribution in [2.24, 2.45) is 17.6 Å². The summed E-state index contributed by atoms with van der Waals surface area (Å²) in [5.41, 5.74) is 5.43. The lowest BCUT2D eigenvalue weighted by molar-refractivity contribution is -0.209. The van der Waals surface area contributed by atoms with Gasteiger partial charge in [0.2, 0.25) is 0 Å². The number of aliphatic hydroxyl groups is 1. The third kappa shape index (κ3) is 5.25. The number of alkyl halides is 3. The molecule has 1 aliphatic carbocycles. The van der Waals surface area contributed by atoms with Crippen molar-refractivity contribution in [2.75, 3.05) is 6.54 Å². The van der Waals surface area contributed by atoms with E-state index in [9.17, 15) is 13.2 Å². The molecule has 0 amide bonds. The van der Waals surface area contributed by atoms with E-state index in [1.807, 2.05) is 0 Å². The SMILES string of the molecule is NCCCC1CCC(CC(O)C(F)(F)F)CC1. The molecule has 0 radical (unpaired) electrons. The lowest BCUT2D eigenvalue weighted by atomic mass is 9.78. The van der Waals surface area contributed by atoms with Gasteiger partial charge in [-0.2, -0.15) is 13.2 Å². The van der Waals surface area contributed by atoms with E-state index in [-0.39, 0.29) is 12.3 Å². The molecule has 1 saturated carbocycles. The van der Waals surface area contributed by atoms with Gasteiger partial charge in [-0.3, -0.25) is 0 Å². The molecule has 17 heavy (non-hydrogen) atoms. The predicted octanol–water partition coefficient (Wildman–Crippen LogP) is 2.85. The molecule has 1 fully saturated rings. The Labute approximate surface area is 100 Å². The van der Waals surface area contributed by atoms with Gasteiger partial charge in [0.25, 0.3) is 0 Å². The normalized spacial score (nSPS) is 28.1. The molecule has 0 bridgehead atoms. The van der Waals surface area contributed by atoms with Gasteiger partial charge in [-0.05, 0) is 37.6 Å². The third-order valence-electron chi connectivity index (χ3n) is 3.72. The summed E-state index contributed by atoms with van der Waals surface area (Å²) in [6.45, 7) is 0.687. The van der Waals surface area contributed by atoms with Gasteiger partial charge in [0.15, 0.2) is 0 Å². The zero-order valence-corrected chi connectivity index (χ0v) is 10.0. The number of halogens is 3. The van der Waals surface area contributed by atoms with Gasteiger partial charge < -0.3 is 10.8 Å². The van der Waals surface area contributed by atoms with Crippen LogP contribution in [0.5, 0.6) is 0 Å². The van der Waals surface area contributed by atoms with Crippen molar-refractivity contribution in [1.29, 1.82) is 0 Å². The van der Waals surface area contributed by atoms with Crippen LogP contribution in [0.25, 0.3) is 0 Å². The van der Waals surface area contributed by atoms with Gasteiger partial charge in [-0.25, -0.2) is 0 Å². The predicted molar refractivity (Wildman–Crippen MR) is 60.4 cm³/mol. The summed E-state index contributed by atoms with van der Waals surface area (Å²) in [7, 11) is 0. The maximum absolute atomic E-state index is 12.2. The molecule has 1 aliphatic rings. The topological polar surface area (TPSA) is 46.2 Å². The number of rotatable bonds is 5. The van der Waals surface area contributed by atoms with E-state index in [1.54, 1.807) is 0 Å². The van der Waals surface area contributed by atoms with Crippen LogP contribution in [-0.4, -0.2) is 23.9 Å². The molecule has 1 atom stereocenters. The largest absolute Gasteiger partial charge is 0.414 e. The molecule has 5 heteroatoms. The molecular formula is C12H22F3NO. The Kier molecular flexibility index (Phi) is 5.73. The summed E-state index contributed by atoms with van der Waals surface area (Å²) in [5, 5.41) is 9.00. The maximum Gasteiger partial charge on any atom is 0.414 e. The molecule has 102 valence electrons. The minimum absolute atomic E-state index is 0.0285. The van der Waals surface area contributed by atoms with E-state index in [2.05, 4.69) is 0 Å². The first-order valence-electron chi connectivity index (χ1n) is 6.38. The van der Waals surface area contributed by atoms with Gasteiger partial charge in [-0.1, -0.05) is 25.7 Å².